The molecule has 0 N–H and O–H groups in total. The van der Waals surface area contributed by atoms with Gasteiger partial charge in [-0.25, -0.2) is 4.39 Å². The Labute approximate surface area is 97.2 Å². The summed E-state index contributed by atoms with van der Waals surface area (Å²) in [5.41, 5.74) is 0.218. The van der Waals surface area contributed by atoms with E-state index in [1.807, 2.05) is 0 Å². The largest absolute Gasteiger partial charge is 0.492 e. The maximum atomic E-state index is 13.0. The molecule has 0 aromatic heterocycles. The van der Waals surface area contributed by atoms with E-state index in [4.69, 9.17) is 21.7 Å². The molecular formula is C11H9FO3S. The molecule has 3 nitrogen and oxygen atoms in total. The van der Waals surface area contributed by atoms with Crippen molar-refractivity contribution in [2.45, 2.75) is 0 Å². The molecule has 16 heavy (non-hydrogen) atoms. The van der Waals surface area contributed by atoms with Crippen molar-refractivity contribution in [2.75, 3.05) is 13.7 Å². The van der Waals surface area contributed by atoms with Crippen LogP contribution in [0.15, 0.2) is 18.2 Å². The number of halogens is 1. The van der Waals surface area contributed by atoms with Gasteiger partial charge in [-0.2, -0.15) is 0 Å². The first-order valence-electron chi connectivity index (χ1n) is 4.68. The van der Waals surface area contributed by atoms with Gasteiger partial charge in [0.2, 0.25) is 0 Å². The summed E-state index contributed by atoms with van der Waals surface area (Å²) in [5.74, 6) is -0.969. The molecule has 1 aliphatic rings. The summed E-state index contributed by atoms with van der Waals surface area (Å²) < 4.78 is 23.2. The Kier molecular flexibility index (Phi) is 2.87. The standard InChI is InChI=1S/C11H9FO3S/c1-14-11(16)8-5-15-9-3-2-6(12)4-7(9)10(8)13/h2-4,8H,5H2,1H3. The van der Waals surface area contributed by atoms with Crippen LogP contribution in [0.2, 0.25) is 0 Å². The lowest BCUT2D eigenvalue weighted by Crippen LogP contribution is -2.34. The van der Waals surface area contributed by atoms with E-state index in [2.05, 4.69) is 0 Å². The van der Waals surface area contributed by atoms with Gasteiger partial charge < -0.3 is 9.47 Å². The van der Waals surface area contributed by atoms with Crippen molar-refractivity contribution in [3.05, 3.63) is 29.6 Å². The summed E-state index contributed by atoms with van der Waals surface area (Å²) in [6, 6.07) is 3.85. The number of ketones is 1. The normalized spacial score (nSPS) is 18.6. The highest BCUT2D eigenvalue weighted by atomic mass is 32.1. The first kappa shape index (κ1) is 11.0. The van der Waals surface area contributed by atoms with Gasteiger partial charge in [-0.3, -0.25) is 4.79 Å². The minimum absolute atomic E-state index is 0.143. The number of thiocarbonyl (C=S) groups is 1. The van der Waals surface area contributed by atoms with Crippen molar-refractivity contribution in [3.63, 3.8) is 0 Å². The highest BCUT2D eigenvalue weighted by Crippen LogP contribution is 2.28. The molecule has 1 unspecified atom stereocenters. The number of carbonyl (C=O) groups is 1. The fourth-order valence-electron chi connectivity index (χ4n) is 1.57. The number of carbonyl (C=O) groups excluding carboxylic acids is 1. The zero-order valence-electron chi connectivity index (χ0n) is 8.53. The van der Waals surface area contributed by atoms with Crippen molar-refractivity contribution >= 4 is 23.1 Å². The summed E-state index contributed by atoms with van der Waals surface area (Å²) in [6.07, 6.45) is 0. The SMILES string of the molecule is COC(=S)C1COc2ccc(F)cc2C1=O. The Morgan fingerprint density at radius 2 is 2.38 bits per heavy atom. The molecule has 2 rings (SSSR count). The van der Waals surface area contributed by atoms with Crippen LogP contribution in [0.3, 0.4) is 0 Å². The van der Waals surface area contributed by atoms with Gasteiger partial charge >= 0.3 is 0 Å². The van der Waals surface area contributed by atoms with Gasteiger partial charge in [0.05, 0.1) is 12.7 Å². The highest BCUT2D eigenvalue weighted by molar-refractivity contribution is 7.80. The van der Waals surface area contributed by atoms with E-state index >= 15 is 0 Å². The Morgan fingerprint density at radius 1 is 1.62 bits per heavy atom. The number of fused-ring (bicyclic) bond motifs is 1. The molecule has 0 saturated carbocycles. The smallest absolute Gasteiger partial charge is 0.181 e. The van der Waals surface area contributed by atoms with Crippen molar-refractivity contribution < 1.29 is 18.7 Å². The van der Waals surface area contributed by atoms with E-state index in [0.717, 1.165) is 6.07 Å². The average Bonchev–Trinajstić information content (AvgIpc) is 2.29. The third-order valence-corrected chi connectivity index (χ3v) is 2.87. The number of methoxy groups -OCH3 is 1. The van der Waals surface area contributed by atoms with Crippen molar-refractivity contribution in [2.24, 2.45) is 5.92 Å². The Balaban J connectivity index is 2.38. The Bertz CT molecular complexity index is 459. The second-order valence-electron chi connectivity index (χ2n) is 3.39. The molecule has 0 fully saturated rings. The molecule has 1 aliphatic heterocycles. The second-order valence-corrected chi connectivity index (χ2v) is 3.79. The van der Waals surface area contributed by atoms with Gasteiger partial charge in [0, 0.05) is 0 Å². The Morgan fingerprint density at radius 3 is 3.06 bits per heavy atom. The van der Waals surface area contributed by atoms with Gasteiger partial charge in [0.1, 0.15) is 24.1 Å². The van der Waals surface area contributed by atoms with E-state index in [1.165, 1.54) is 19.2 Å². The lowest BCUT2D eigenvalue weighted by atomic mass is 9.95. The molecule has 1 heterocycles. The molecule has 0 spiro atoms. The summed E-state index contributed by atoms with van der Waals surface area (Å²) in [7, 11) is 1.40. The van der Waals surface area contributed by atoms with Crippen LogP contribution >= 0.6 is 12.2 Å². The van der Waals surface area contributed by atoms with Gasteiger partial charge in [0.25, 0.3) is 0 Å². The maximum absolute atomic E-state index is 13.0. The van der Waals surface area contributed by atoms with Crippen LogP contribution in [0.5, 0.6) is 5.75 Å². The predicted molar refractivity (Wildman–Crippen MR) is 59.3 cm³/mol. The fraction of sp³-hybridized carbons (Fsp3) is 0.273. The summed E-state index contributed by atoms with van der Waals surface area (Å²) >= 11 is 4.90. The predicted octanol–water partition coefficient (Wildman–Crippen LogP) is 1.99. The van der Waals surface area contributed by atoms with Crippen molar-refractivity contribution in [1.29, 1.82) is 0 Å². The molecule has 84 valence electrons. The minimum Gasteiger partial charge on any atom is -0.492 e. The molecule has 5 heteroatoms. The molecule has 0 radical (unpaired) electrons. The lowest BCUT2D eigenvalue weighted by molar-refractivity contribution is 0.0873. The summed E-state index contributed by atoms with van der Waals surface area (Å²) in [6.45, 7) is 0.143. The molecule has 0 bridgehead atoms. The summed E-state index contributed by atoms with van der Waals surface area (Å²) in [4.78, 5) is 12.0. The van der Waals surface area contributed by atoms with E-state index in [1.54, 1.807) is 0 Å². The van der Waals surface area contributed by atoms with Gasteiger partial charge in [0.15, 0.2) is 10.8 Å². The number of hydrogen-bond donors (Lipinski definition) is 0. The van der Waals surface area contributed by atoms with Crippen molar-refractivity contribution in [1.82, 2.24) is 0 Å². The van der Waals surface area contributed by atoms with Crippen LogP contribution in [0, 0.1) is 11.7 Å². The first-order valence-corrected chi connectivity index (χ1v) is 5.08. The molecule has 0 saturated heterocycles. The van der Waals surface area contributed by atoms with Crippen LogP contribution < -0.4 is 4.74 Å². The second kappa shape index (κ2) is 4.17. The number of Topliss-reactive ketones (excluding diaryl/α,β-unsaturated/α-hetero) is 1. The third kappa shape index (κ3) is 1.78. The molecule has 0 aliphatic carbocycles. The minimum atomic E-state index is -0.630. The first-order chi connectivity index (χ1) is 7.63. The number of hydrogen-bond acceptors (Lipinski definition) is 4. The van der Waals surface area contributed by atoms with E-state index in [9.17, 15) is 9.18 Å². The van der Waals surface area contributed by atoms with E-state index in [-0.39, 0.29) is 23.0 Å². The third-order valence-electron chi connectivity index (χ3n) is 2.41. The topological polar surface area (TPSA) is 35.5 Å². The quantitative estimate of drug-likeness (QED) is 0.703. The van der Waals surface area contributed by atoms with E-state index in [0.29, 0.717) is 5.75 Å². The molecule has 1 atom stereocenters. The molecule has 0 amide bonds. The fourth-order valence-corrected chi connectivity index (χ4v) is 1.75. The zero-order chi connectivity index (χ0) is 11.7. The molecule has 1 aromatic carbocycles. The maximum Gasteiger partial charge on any atom is 0.181 e. The average molecular weight is 240 g/mol. The van der Waals surface area contributed by atoms with Crippen LogP contribution in [-0.4, -0.2) is 24.6 Å². The number of benzene rings is 1. The number of rotatable bonds is 1. The van der Waals surface area contributed by atoms with Crippen LogP contribution in [0.25, 0.3) is 0 Å². The monoisotopic (exact) mass is 240 g/mol. The highest BCUT2D eigenvalue weighted by Gasteiger charge is 2.32. The van der Waals surface area contributed by atoms with Crippen LogP contribution in [0.1, 0.15) is 10.4 Å². The summed E-state index contributed by atoms with van der Waals surface area (Å²) in [5, 5.41) is 0.167. The Hall–Kier alpha value is -1.49. The number of ether oxygens (including phenoxy) is 2. The van der Waals surface area contributed by atoms with Gasteiger partial charge in [-0.05, 0) is 30.4 Å². The van der Waals surface area contributed by atoms with E-state index < -0.39 is 11.7 Å². The molecular weight excluding hydrogens is 231 g/mol. The zero-order valence-corrected chi connectivity index (χ0v) is 9.34. The van der Waals surface area contributed by atoms with Crippen molar-refractivity contribution in [3.8, 4) is 5.75 Å². The molecule has 1 aromatic rings. The van der Waals surface area contributed by atoms with Gasteiger partial charge in [-0.15, -0.1) is 0 Å². The van der Waals surface area contributed by atoms with Crippen LogP contribution in [-0.2, 0) is 4.74 Å². The van der Waals surface area contributed by atoms with Gasteiger partial charge in [-0.1, -0.05) is 0 Å². The van der Waals surface area contributed by atoms with Crippen LogP contribution in [0.4, 0.5) is 4.39 Å². The lowest BCUT2D eigenvalue weighted by Gasteiger charge is -2.23.